The largest absolute Gasteiger partial charge is 0.374 e. The maximum Gasteiger partial charge on any atom is 0.234 e. The van der Waals surface area contributed by atoms with Crippen LogP contribution in [0.2, 0.25) is 0 Å². The van der Waals surface area contributed by atoms with E-state index in [0.29, 0.717) is 11.8 Å². The smallest absolute Gasteiger partial charge is 0.234 e. The Morgan fingerprint density at radius 2 is 1.74 bits per heavy atom. The van der Waals surface area contributed by atoms with Gasteiger partial charge in [0, 0.05) is 12.7 Å². The van der Waals surface area contributed by atoms with Gasteiger partial charge in [0.2, 0.25) is 11.9 Å². The molecule has 8 nitrogen and oxygen atoms in total. The first kappa shape index (κ1) is 17.1. The normalized spacial score (nSPS) is 13.4. The first-order valence-corrected chi connectivity index (χ1v) is 7.21. The highest BCUT2D eigenvalue weighted by Crippen LogP contribution is 2.21. The third-order valence-corrected chi connectivity index (χ3v) is 3.07. The van der Waals surface area contributed by atoms with Gasteiger partial charge < -0.3 is 20.3 Å². The number of hydrogen-bond acceptors (Lipinski definition) is 8. The van der Waals surface area contributed by atoms with Crippen LogP contribution in [0.25, 0.3) is 11.4 Å². The fourth-order valence-corrected chi connectivity index (χ4v) is 2.06. The summed E-state index contributed by atoms with van der Waals surface area (Å²) in [5.74, 6) is 0.893. The van der Waals surface area contributed by atoms with Gasteiger partial charge in [-0.1, -0.05) is 30.3 Å². The molecule has 0 amide bonds. The summed E-state index contributed by atoms with van der Waals surface area (Å²) in [5.41, 5.74) is 0.799. The number of benzene rings is 1. The predicted octanol–water partition coefficient (Wildman–Crippen LogP) is 1.04. The quantitative estimate of drug-likeness (QED) is 0.650. The van der Waals surface area contributed by atoms with Gasteiger partial charge in [-0.25, -0.2) is 0 Å². The fraction of sp³-hybridized carbons (Fsp3) is 0.400. The van der Waals surface area contributed by atoms with E-state index < -0.39 is 12.5 Å². The van der Waals surface area contributed by atoms with Gasteiger partial charge in [-0.05, 0) is 13.8 Å². The molecule has 8 heteroatoms. The molecule has 124 valence electrons. The Morgan fingerprint density at radius 3 is 2.30 bits per heavy atom. The van der Waals surface area contributed by atoms with Crippen LogP contribution in [0, 0.1) is 0 Å². The number of hydrogen-bond donors (Lipinski definition) is 3. The monoisotopic (exact) mass is 319 g/mol. The lowest BCUT2D eigenvalue weighted by Gasteiger charge is -2.28. The molecule has 0 saturated carbocycles. The molecular formula is C15H21N5O3. The lowest BCUT2D eigenvalue weighted by Crippen LogP contribution is -2.41. The van der Waals surface area contributed by atoms with Crippen molar-refractivity contribution in [3.63, 3.8) is 0 Å². The molecule has 1 heterocycles. The number of nitrogens with zero attached hydrogens (tertiary/aromatic N) is 4. The fourth-order valence-electron chi connectivity index (χ4n) is 2.06. The third-order valence-electron chi connectivity index (χ3n) is 3.07. The van der Waals surface area contributed by atoms with E-state index in [-0.39, 0.29) is 12.7 Å². The summed E-state index contributed by atoms with van der Waals surface area (Å²) in [6, 6.07) is 9.39. The van der Waals surface area contributed by atoms with E-state index in [4.69, 9.17) is 4.74 Å². The van der Waals surface area contributed by atoms with Crippen molar-refractivity contribution in [2.75, 3.05) is 24.1 Å². The zero-order valence-electron chi connectivity index (χ0n) is 13.3. The highest BCUT2D eigenvalue weighted by atomic mass is 16.5. The van der Waals surface area contributed by atoms with E-state index in [1.807, 2.05) is 30.3 Å². The molecule has 0 aliphatic carbocycles. The van der Waals surface area contributed by atoms with Gasteiger partial charge in [0.25, 0.3) is 0 Å². The molecule has 2 aromatic rings. The summed E-state index contributed by atoms with van der Waals surface area (Å²) in [6.07, 6.45) is -1.92. The van der Waals surface area contributed by atoms with Crippen LogP contribution in [0.1, 0.15) is 13.8 Å². The number of methoxy groups -OCH3 is 1. The van der Waals surface area contributed by atoms with Gasteiger partial charge in [-0.3, -0.25) is 4.90 Å². The summed E-state index contributed by atoms with van der Waals surface area (Å²) >= 11 is 0. The highest BCUT2D eigenvalue weighted by Gasteiger charge is 2.22. The zero-order valence-corrected chi connectivity index (χ0v) is 13.3. The molecule has 1 aromatic heterocycles. The second kappa shape index (κ2) is 7.82. The van der Waals surface area contributed by atoms with Crippen molar-refractivity contribution in [2.45, 2.75) is 26.3 Å². The van der Waals surface area contributed by atoms with E-state index in [0.717, 1.165) is 5.56 Å². The second-order valence-corrected chi connectivity index (χ2v) is 4.93. The van der Waals surface area contributed by atoms with Crippen LogP contribution in [-0.2, 0) is 4.74 Å². The van der Waals surface area contributed by atoms with Crippen LogP contribution in [0.15, 0.2) is 30.3 Å². The van der Waals surface area contributed by atoms with Gasteiger partial charge in [-0.2, -0.15) is 15.0 Å². The summed E-state index contributed by atoms with van der Waals surface area (Å²) in [4.78, 5) is 14.2. The Hall–Kier alpha value is -2.29. The molecule has 0 saturated heterocycles. The van der Waals surface area contributed by atoms with Gasteiger partial charge in [-0.15, -0.1) is 0 Å². The van der Waals surface area contributed by atoms with Gasteiger partial charge >= 0.3 is 0 Å². The van der Waals surface area contributed by atoms with Crippen molar-refractivity contribution < 1.29 is 14.9 Å². The molecular weight excluding hydrogens is 298 g/mol. The minimum atomic E-state index is -0.962. The van der Waals surface area contributed by atoms with Crippen LogP contribution < -0.4 is 10.2 Å². The van der Waals surface area contributed by atoms with E-state index in [1.165, 1.54) is 18.7 Å². The summed E-state index contributed by atoms with van der Waals surface area (Å²) in [5, 5.41) is 22.7. The topological polar surface area (TPSA) is 104 Å². The molecule has 1 aromatic carbocycles. The molecule has 2 rings (SSSR count). The highest BCUT2D eigenvalue weighted by molar-refractivity contribution is 5.58. The molecule has 23 heavy (non-hydrogen) atoms. The van der Waals surface area contributed by atoms with Crippen LogP contribution in [0.5, 0.6) is 0 Å². The maximum atomic E-state index is 9.88. The lowest BCUT2D eigenvalue weighted by molar-refractivity contribution is 0.103. The Balaban J connectivity index is 2.48. The molecule has 0 spiro atoms. The van der Waals surface area contributed by atoms with Gasteiger partial charge in [0.05, 0.1) is 0 Å². The lowest BCUT2D eigenvalue weighted by atomic mass is 10.2. The number of anilines is 2. The van der Waals surface area contributed by atoms with Crippen LogP contribution >= 0.6 is 0 Å². The number of nitrogens with one attached hydrogen (secondary N) is 1. The molecule has 2 atom stereocenters. The predicted molar refractivity (Wildman–Crippen MR) is 86.6 cm³/mol. The second-order valence-electron chi connectivity index (χ2n) is 4.93. The molecule has 0 radical (unpaired) electrons. The number of ether oxygens (including phenoxy) is 1. The first-order valence-electron chi connectivity index (χ1n) is 7.21. The third kappa shape index (κ3) is 4.35. The molecule has 3 N–H and O–H groups in total. The van der Waals surface area contributed by atoms with E-state index >= 15 is 0 Å². The minimum absolute atomic E-state index is 0.169. The Morgan fingerprint density at radius 1 is 1.09 bits per heavy atom. The molecule has 0 aliphatic rings. The Bertz CT molecular complexity index is 614. The van der Waals surface area contributed by atoms with E-state index in [2.05, 4.69) is 20.3 Å². The molecule has 0 bridgehead atoms. The SMILES string of the molecule is COCNc1nc(-c2ccccc2)nc(N(C(C)O)C(C)O)n1. The molecule has 0 fully saturated rings. The zero-order chi connectivity index (χ0) is 16.8. The summed E-state index contributed by atoms with van der Waals surface area (Å²) in [7, 11) is 1.55. The summed E-state index contributed by atoms with van der Waals surface area (Å²) < 4.78 is 4.96. The van der Waals surface area contributed by atoms with Gasteiger partial charge in [0.1, 0.15) is 19.2 Å². The van der Waals surface area contributed by atoms with Crippen molar-refractivity contribution in [3.8, 4) is 11.4 Å². The van der Waals surface area contributed by atoms with Crippen molar-refractivity contribution in [1.29, 1.82) is 0 Å². The molecule has 2 unspecified atom stereocenters. The minimum Gasteiger partial charge on any atom is -0.374 e. The molecule has 0 aliphatic heterocycles. The van der Waals surface area contributed by atoms with Crippen molar-refractivity contribution in [3.05, 3.63) is 30.3 Å². The van der Waals surface area contributed by atoms with Crippen molar-refractivity contribution in [1.82, 2.24) is 15.0 Å². The van der Waals surface area contributed by atoms with Crippen LogP contribution in [0.4, 0.5) is 11.9 Å². The van der Waals surface area contributed by atoms with Crippen LogP contribution in [-0.4, -0.2) is 51.5 Å². The number of aromatic nitrogens is 3. The standard InChI is InChI=1S/C15H21N5O3/c1-10(21)20(11(2)22)15-18-13(12-7-5-4-6-8-12)17-14(19-15)16-9-23-3/h4-8,10-11,21-22H,9H2,1-3H3,(H,16,17,18,19). The average molecular weight is 319 g/mol. The maximum absolute atomic E-state index is 9.88. The average Bonchev–Trinajstić information content (AvgIpc) is 2.53. The van der Waals surface area contributed by atoms with Crippen molar-refractivity contribution in [2.24, 2.45) is 0 Å². The number of aliphatic hydroxyl groups excluding tert-OH is 2. The first-order chi connectivity index (χ1) is 11.0. The van der Waals surface area contributed by atoms with Crippen molar-refractivity contribution >= 4 is 11.9 Å². The Labute approximate surface area is 134 Å². The Kier molecular flexibility index (Phi) is 5.80. The number of aliphatic hydroxyl groups is 2. The van der Waals surface area contributed by atoms with Gasteiger partial charge in [0.15, 0.2) is 5.82 Å². The van der Waals surface area contributed by atoms with Crippen LogP contribution in [0.3, 0.4) is 0 Å². The number of rotatable bonds is 7. The van der Waals surface area contributed by atoms with E-state index in [9.17, 15) is 10.2 Å². The van der Waals surface area contributed by atoms with E-state index in [1.54, 1.807) is 7.11 Å². The summed E-state index contributed by atoms with van der Waals surface area (Å²) in [6.45, 7) is 3.28.